The Morgan fingerprint density at radius 3 is 2.94 bits per heavy atom. The first-order chi connectivity index (χ1) is 8.70. The zero-order valence-corrected chi connectivity index (χ0v) is 10.8. The van der Waals surface area contributed by atoms with E-state index in [4.69, 9.17) is 5.73 Å². The highest BCUT2D eigenvalue weighted by atomic mass is 32.1. The van der Waals surface area contributed by atoms with Gasteiger partial charge in [0.15, 0.2) is 0 Å². The summed E-state index contributed by atoms with van der Waals surface area (Å²) in [4.78, 5) is 17.6. The van der Waals surface area contributed by atoms with Crippen LogP contribution in [0.4, 0.5) is 0 Å². The number of rotatable bonds is 4. The highest BCUT2D eigenvalue weighted by molar-refractivity contribution is 7.15. The maximum Gasteiger partial charge on any atom is 0.323 e. The Morgan fingerprint density at radius 2 is 2.28 bits per heavy atom. The third kappa shape index (κ3) is 2.94. The van der Waals surface area contributed by atoms with Crippen molar-refractivity contribution in [1.82, 2.24) is 4.98 Å². The van der Waals surface area contributed by atoms with Crippen LogP contribution in [0.15, 0.2) is 36.5 Å². The standard InChI is InChI=1S/C13H14N2O2S/c1-17-13(16)10(14)8-9-5-6-12(18-9)11-4-2-3-7-15-11/h2-7,10H,8,14H2,1H3. The maximum atomic E-state index is 11.2. The number of methoxy groups -OCH3 is 1. The van der Waals surface area contributed by atoms with Crippen LogP contribution < -0.4 is 5.73 Å². The number of carbonyl (C=O) groups excluding carboxylic acids is 1. The number of hydrogen-bond donors (Lipinski definition) is 1. The van der Waals surface area contributed by atoms with Gasteiger partial charge in [0, 0.05) is 17.5 Å². The fourth-order valence-electron chi connectivity index (χ4n) is 1.59. The van der Waals surface area contributed by atoms with Crippen LogP contribution in [0.1, 0.15) is 4.88 Å². The molecule has 0 aliphatic heterocycles. The van der Waals surface area contributed by atoms with Crippen molar-refractivity contribution >= 4 is 17.3 Å². The van der Waals surface area contributed by atoms with E-state index in [-0.39, 0.29) is 5.97 Å². The molecule has 2 N–H and O–H groups in total. The average molecular weight is 262 g/mol. The van der Waals surface area contributed by atoms with Crippen LogP contribution in [0, 0.1) is 0 Å². The summed E-state index contributed by atoms with van der Waals surface area (Å²) in [7, 11) is 1.34. The van der Waals surface area contributed by atoms with Gasteiger partial charge < -0.3 is 10.5 Å². The van der Waals surface area contributed by atoms with Gasteiger partial charge in [-0.2, -0.15) is 0 Å². The molecular formula is C13H14N2O2S. The summed E-state index contributed by atoms with van der Waals surface area (Å²) in [5, 5.41) is 0. The number of hydrogen-bond acceptors (Lipinski definition) is 5. The molecule has 0 aliphatic carbocycles. The summed E-state index contributed by atoms with van der Waals surface area (Å²) in [5.41, 5.74) is 6.66. The molecule has 2 aromatic rings. The predicted octanol–water partition coefficient (Wildman–Crippen LogP) is 1.85. The van der Waals surface area contributed by atoms with Crippen molar-refractivity contribution < 1.29 is 9.53 Å². The minimum Gasteiger partial charge on any atom is -0.468 e. The van der Waals surface area contributed by atoms with Crippen LogP contribution in [0.5, 0.6) is 0 Å². The van der Waals surface area contributed by atoms with Crippen LogP contribution in [-0.2, 0) is 16.0 Å². The Kier molecular flexibility index (Phi) is 4.07. The first-order valence-electron chi connectivity index (χ1n) is 5.54. The molecule has 2 aromatic heterocycles. The summed E-state index contributed by atoms with van der Waals surface area (Å²) >= 11 is 1.59. The molecule has 0 aliphatic rings. The van der Waals surface area contributed by atoms with E-state index < -0.39 is 6.04 Å². The van der Waals surface area contributed by atoms with Crippen molar-refractivity contribution in [2.75, 3.05) is 7.11 Å². The monoisotopic (exact) mass is 262 g/mol. The molecule has 2 rings (SSSR count). The van der Waals surface area contributed by atoms with Gasteiger partial charge in [-0.25, -0.2) is 0 Å². The van der Waals surface area contributed by atoms with E-state index in [0.29, 0.717) is 6.42 Å². The Bertz CT molecular complexity index is 525. The molecule has 0 bridgehead atoms. The minimum atomic E-state index is -0.606. The fraction of sp³-hybridized carbons (Fsp3) is 0.231. The van der Waals surface area contributed by atoms with Gasteiger partial charge >= 0.3 is 5.97 Å². The molecule has 5 heteroatoms. The van der Waals surface area contributed by atoms with Crippen molar-refractivity contribution in [2.45, 2.75) is 12.5 Å². The van der Waals surface area contributed by atoms with E-state index in [9.17, 15) is 4.79 Å². The number of aromatic nitrogens is 1. The molecule has 0 fully saturated rings. The second kappa shape index (κ2) is 5.75. The number of nitrogens with two attached hydrogens (primary N) is 1. The lowest BCUT2D eigenvalue weighted by Gasteiger charge is -2.06. The maximum absolute atomic E-state index is 11.2. The number of nitrogens with zero attached hydrogens (tertiary/aromatic N) is 1. The number of ether oxygens (including phenoxy) is 1. The lowest BCUT2D eigenvalue weighted by atomic mass is 10.2. The van der Waals surface area contributed by atoms with E-state index in [2.05, 4.69) is 9.72 Å². The Hall–Kier alpha value is -1.72. The molecule has 0 saturated carbocycles. The molecule has 2 heterocycles. The number of carbonyl (C=O) groups is 1. The second-order valence-electron chi connectivity index (χ2n) is 3.81. The smallest absolute Gasteiger partial charge is 0.323 e. The topological polar surface area (TPSA) is 65.2 Å². The van der Waals surface area contributed by atoms with E-state index in [1.54, 1.807) is 17.5 Å². The van der Waals surface area contributed by atoms with Crippen molar-refractivity contribution in [2.24, 2.45) is 5.73 Å². The molecule has 0 amide bonds. The Morgan fingerprint density at radius 1 is 1.44 bits per heavy atom. The number of pyridine rings is 1. The quantitative estimate of drug-likeness (QED) is 0.854. The molecule has 1 atom stereocenters. The van der Waals surface area contributed by atoms with Gasteiger partial charge in [-0.3, -0.25) is 9.78 Å². The first kappa shape index (κ1) is 12.7. The van der Waals surface area contributed by atoms with Gasteiger partial charge in [0.1, 0.15) is 6.04 Å². The summed E-state index contributed by atoms with van der Waals surface area (Å²) in [5.74, 6) is -0.386. The molecule has 18 heavy (non-hydrogen) atoms. The highest BCUT2D eigenvalue weighted by Crippen LogP contribution is 2.26. The summed E-state index contributed by atoms with van der Waals surface area (Å²) in [6, 6.07) is 9.14. The molecule has 94 valence electrons. The zero-order chi connectivity index (χ0) is 13.0. The molecule has 0 aromatic carbocycles. The van der Waals surface area contributed by atoms with Crippen molar-refractivity contribution in [1.29, 1.82) is 0 Å². The van der Waals surface area contributed by atoms with E-state index in [1.807, 2.05) is 30.3 Å². The van der Waals surface area contributed by atoms with E-state index in [1.165, 1.54) is 7.11 Å². The van der Waals surface area contributed by atoms with Crippen molar-refractivity contribution in [3.63, 3.8) is 0 Å². The lowest BCUT2D eigenvalue weighted by Crippen LogP contribution is -2.33. The summed E-state index contributed by atoms with van der Waals surface area (Å²) in [6.07, 6.45) is 2.25. The molecule has 0 saturated heterocycles. The van der Waals surface area contributed by atoms with Crippen molar-refractivity contribution in [3.05, 3.63) is 41.4 Å². The molecule has 4 nitrogen and oxygen atoms in total. The van der Waals surface area contributed by atoms with Gasteiger partial charge in [0.25, 0.3) is 0 Å². The van der Waals surface area contributed by atoms with Crippen LogP contribution in [-0.4, -0.2) is 24.1 Å². The van der Waals surface area contributed by atoms with Crippen LogP contribution >= 0.6 is 11.3 Å². The molecular weight excluding hydrogens is 248 g/mol. The van der Waals surface area contributed by atoms with E-state index >= 15 is 0 Å². The summed E-state index contributed by atoms with van der Waals surface area (Å²) < 4.78 is 4.60. The average Bonchev–Trinajstić information content (AvgIpc) is 2.87. The third-order valence-corrected chi connectivity index (χ3v) is 3.63. The van der Waals surface area contributed by atoms with Gasteiger partial charge in [-0.1, -0.05) is 6.07 Å². The largest absolute Gasteiger partial charge is 0.468 e. The van der Waals surface area contributed by atoms with Crippen LogP contribution in [0.3, 0.4) is 0 Å². The predicted molar refractivity (Wildman–Crippen MR) is 71.2 cm³/mol. The van der Waals surface area contributed by atoms with Crippen molar-refractivity contribution in [3.8, 4) is 10.6 Å². The van der Waals surface area contributed by atoms with E-state index in [0.717, 1.165) is 15.4 Å². The number of esters is 1. The first-order valence-corrected chi connectivity index (χ1v) is 6.36. The Balaban J connectivity index is 2.09. The zero-order valence-electron chi connectivity index (χ0n) is 10.00. The number of thiophene rings is 1. The highest BCUT2D eigenvalue weighted by Gasteiger charge is 2.15. The van der Waals surface area contributed by atoms with Gasteiger partial charge in [0.2, 0.25) is 0 Å². The third-order valence-electron chi connectivity index (χ3n) is 2.50. The summed E-state index contributed by atoms with van der Waals surface area (Å²) in [6.45, 7) is 0. The van der Waals surface area contributed by atoms with Crippen LogP contribution in [0.25, 0.3) is 10.6 Å². The molecule has 1 unspecified atom stereocenters. The van der Waals surface area contributed by atoms with Gasteiger partial charge in [-0.15, -0.1) is 11.3 Å². The molecule has 0 radical (unpaired) electrons. The van der Waals surface area contributed by atoms with Gasteiger partial charge in [-0.05, 0) is 24.3 Å². The lowest BCUT2D eigenvalue weighted by molar-refractivity contribution is -0.142. The van der Waals surface area contributed by atoms with Gasteiger partial charge in [0.05, 0.1) is 17.7 Å². The normalized spacial score (nSPS) is 12.1. The van der Waals surface area contributed by atoms with Crippen LogP contribution in [0.2, 0.25) is 0 Å². The fourth-order valence-corrected chi connectivity index (χ4v) is 2.63. The Labute approximate surface area is 109 Å². The molecule has 0 spiro atoms. The SMILES string of the molecule is COC(=O)C(N)Cc1ccc(-c2ccccn2)s1. The second-order valence-corrected chi connectivity index (χ2v) is 4.98. The minimum absolute atomic E-state index is 0.386.